The van der Waals surface area contributed by atoms with Crippen LogP contribution < -0.4 is 10.8 Å². The van der Waals surface area contributed by atoms with Gasteiger partial charge in [-0.2, -0.15) is 0 Å². The fraction of sp³-hybridized carbons (Fsp3) is 0.188. The van der Waals surface area contributed by atoms with Gasteiger partial charge in [0, 0.05) is 10.9 Å². The Morgan fingerprint density at radius 1 is 1.00 bits per heavy atom. The van der Waals surface area contributed by atoms with Crippen molar-refractivity contribution in [2.24, 2.45) is 5.50 Å². The lowest BCUT2D eigenvalue weighted by Gasteiger charge is -2.16. The molecular formula is C16H18NO2P. The Balaban J connectivity index is 2.55. The molecule has 0 amide bonds. The molecule has 0 fully saturated rings. The number of hydrogen-bond acceptors (Lipinski definition) is 2. The summed E-state index contributed by atoms with van der Waals surface area (Å²) in [5, 5.41) is 0.393. The molecule has 2 aromatic rings. The van der Waals surface area contributed by atoms with Gasteiger partial charge in [-0.25, -0.2) is 0 Å². The molecule has 0 radical (unpaired) electrons. The van der Waals surface area contributed by atoms with Crippen LogP contribution in [0.4, 0.5) is 0 Å². The normalized spacial score (nSPS) is 13.8. The van der Waals surface area contributed by atoms with E-state index in [9.17, 15) is 9.36 Å². The molecule has 0 heterocycles. The van der Waals surface area contributed by atoms with Crippen molar-refractivity contribution in [2.75, 3.05) is 0 Å². The van der Waals surface area contributed by atoms with E-state index in [0.717, 1.165) is 16.7 Å². The third-order valence-corrected chi connectivity index (χ3v) is 5.22. The summed E-state index contributed by atoms with van der Waals surface area (Å²) in [4.78, 5) is 12.6. The highest BCUT2D eigenvalue weighted by Crippen LogP contribution is 2.41. The summed E-state index contributed by atoms with van der Waals surface area (Å²) in [7, 11) is -3.57. The van der Waals surface area contributed by atoms with Crippen LogP contribution in [0.2, 0.25) is 0 Å². The Morgan fingerprint density at radius 3 is 2.00 bits per heavy atom. The van der Waals surface area contributed by atoms with Crippen LogP contribution in [-0.4, -0.2) is 5.52 Å². The van der Waals surface area contributed by atoms with Crippen LogP contribution in [0.5, 0.6) is 0 Å². The van der Waals surface area contributed by atoms with Crippen LogP contribution in [0.3, 0.4) is 0 Å². The number of aryl methyl sites for hydroxylation is 3. The summed E-state index contributed by atoms with van der Waals surface area (Å²) < 4.78 is 12.7. The number of benzene rings is 2. The van der Waals surface area contributed by atoms with E-state index in [-0.39, 0.29) is 0 Å². The number of rotatable bonds is 3. The van der Waals surface area contributed by atoms with Crippen LogP contribution in [0, 0.1) is 20.8 Å². The Morgan fingerprint density at radius 2 is 1.50 bits per heavy atom. The quantitative estimate of drug-likeness (QED) is 0.881. The Hall–Kier alpha value is -1.70. The molecule has 0 saturated carbocycles. The van der Waals surface area contributed by atoms with E-state index in [1.54, 1.807) is 30.3 Å². The first-order chi connectivity index (χ1) is 9.34. The second-order valence-electron chi connectivity index (χ2n) is 5.07. The van der Waals surface area contributed by atoms with Crippen LogP contribution >= 0.6 is 7.29 Å². The highest BCUT2D eigenvalue weighted by molar-refractivity contribution is 7.85. The van der Waals surface area contributed by atoms with Gasteiger partial charge in [0.05, 0.1) is 0 Å². The van der Waals surface area contributed by atoms with Gasteiger partial charge in [0.2, 0.25) is 12.8 Å². The number of hydrogen-bond donors (Lipinski definition) is 1. The van der Waals surface area contributed by atoms with E-state index in [1.807, 2.05) is 32.9 Å². The lowest BCUT2D eigenvalue weighted by molar-refractivity contribution is 0.107. The second kappa shape index (κ2) is 5.35. The minimum atomic E-state index is -3.57. The molecule has 2 aromatic carbocycles. The Kier molecular flexibility index (Phi) is 3.94. The first-order valence-electron chi connectivity index (χ1n) is 6.41. The van der Waals surface area contributed by atoms with E-state index in [0.29, 0.717) is 10.9 Å². The molecule has 0 aliphatic heterocycles. The molecule has 3 nitrogen and oxygen atoms in total. The molecule has 0 bridgehead atoms. The summed E-state index contributed by atoms with van der Waals surface area (Å²) >= 11 is 0. The molecule has 104 valence electrons. The van der Waals surface area contributed by atoms with Gasteiger partial charge < -0.3 is 0 Å². The molecule has 0 aromatic heterocycles. The second-order valence-corrected chi connectivity index (χ2v) is 7.31. The lowest BCUT2D eigenvalue weighted by Crippen LogP contribution is -2.20. The van der Waals surface area contributed by atoms with Crippen molar-refractivity contribution < 1.29 is 9.36 Å². The predicted molar refractivity (Wildman–Crippen MR) is 82.9 cm³/mol. The maximum Gasteiger partial charge on any atom is 0.241 e. The van der Waals surface area contributed by atoms with Gasteiger partial charge in [0.25, 0.3) is 0 Å². The summed E-state index contributed by atoms with van der Waals surface area (Å²) in [6.07, 6.45) is 0. The van der Waals surface area contributed by atoms with Crippen LogP contribution in [-0.2, 0) is 4.57 Å². The summed E-state index contributed by atoms with van der Waals surface area (Å²) in [5.74, 6) is 0. The third kappa shape index (κ3) is 2.60. The SMILES string of the molecule is Cc1cc(C)c(C(=O)P(N)(=O)c2ccccc2)c(C)c1. The Labute approximate surface area is 119 Å². The van der Waals surface area contributed by atoms with Gasteiger partial charge in [-0.1, -0.05) is 35.9 Å². The van der Waals surface area contributed by atoms with E-state index in [2.05, 4.69) is 0 Å². The molecular weight excluding hydrogens is 269 g/mol. The number of nitrogens with two attached hydrogens (primary N) is 1. The maximum atomic E-state index is 12.7. The van der Waals surface area contributed by atoms with Gasteiger partial charge in [0.15, 0.2) is 0 Å². The minimum Gasteiger partial charge on any atom is -0.293 e. The molecule has 2 rings (SSSR count). The third-order valence-electron chi connectivity index (χ3n) is 3.33. The average molecular weight is 287 g/mol. The smallest absolute Gasteiger partial charge is 0.241 e. The molecule has 0 aliphatic carbocycles. The highest BCUT2D eigenvalue weighted by Gasteiger charge is 2.32. The fourth-order valence-corrected chi connectivity index (χ4v) is 3.98. The largest absolute Gasteiger partial charge is 0.293 e. The fourth-order valence-electron chi connectivity index (χ4n) is 2.45. The molecule has 0 saturated heterocycles. The summed E-state index contributed by atoms with van der Waals surface area (Å²) in [6, 6.07) is 12.4. The van der Waals surface area contributed by atoms with Crippen LogP contribution in [0.1, 0.15) is 27.0 Å². The van der Waals surface area contributed by atoms with Gasteiger partial charge in [-0.3, -0.25) is 14.9 Å². The summed E-state index contributed by atoms with van der Waals surface area (Å²) in [5.41, 5.74) is 8.60. The lowest BCUT2D eigenvalue weighted by atomic mass is 10.0. The molecule has 0 spiro atoms. The van der Waals surface area contributed by atoms with Gasteiger partial charge in [0.1, 0.15) is 0 Å². The van der Waals surface area contributed by atoms with Gasteiger partial charge in [-0.15, -0.1) is 0 Å². The van der Waals surface area contributed by atoms with E-state index < -0.39 is 12.8 Å². The number of carbonyl (C=O) groups excluding carboxylic acids is 1. The monoisotopic (exact) mass is 287 g/mol. The van der Waals surface area contributed by atoms with E-state index >= 15 is 0 Å². The van der Waals surface area contributed by atoms with Crippen molar-refractivity contribution >= 4 is 18.1 Å². The minimum absolute atomic E-state index is 0.393. The van der Waals surface area contributed by atoms with Crippen molar-refractivity contribution in [3.8, 4) is 0 Å². The van der Waals surface area contributed by atoms with Crippen molar-refractivity contribution in [3.05, 3.63) is 64.7 Å². The number of carbonyl (C=O) groups is 1. The molecule has 2 N–H and O–H groups in total. The summed E-state index contributed by atoms with van der Waals surface area (Å²) in [6.45, 7) is 5.66. The first-order valence-corrected chi connectivity index (χ1v) is 8.18. The van der Waals surface area contributed by atoms with E-state index in [1.165, 1.54) is 0 Å². The van der Waals surface area contributed by atoms with Gasteiger partial charge >= 0.3 is 0 Å². The molecule has 0 aliphatic rings. The molecule has 4 heteroatoms. The Bertz CT molecular complexity index is 685. The van der Waals surface area contributed by atoms with Crippen LogP contribution in [0.25, 0.3) is 0 Å². The maximum absolute atomic E-state index is 12.7. The van der Waals surface area contributed by atoms with E-state index in [4.69, 9.17) is 5.50 Å². The standard InChI is InChI=1S/C16H18NO2P/c1-11-9-12(2)15(13(3)10-11)16(18)20(17,19)14-7-5-4-6-8-14/h4-10H,1-3H3,(H2,17,19). The zero-order valence-electron chi connectivity index (χ0n) is 11.9. The highest BCUT2D eigenvalue weighted by atomic mass is 31.2. The molecule has 1 unspecified atom stereocenters. The van der Waals surface area contributed by atoms with Crippen molar-refractivity contribution in [3.63, 3.8) is 0 Å². The molecule has 20 heavy (non-hydrogen) atoms. The zero-order chi connectivity index (χ0) is 14.9. The van der Waals surface area contributed by atoms with Crippen molar-refractivity contribution in [2.45, 2.75) is 20.8 Å². The topological polar surface area (TPSA) is 60.2 Å². The zero-order valence-corrected chi connectivity index (χ0v) is 12.8. The van der Waals surface area contributed by atoms with Gasteiger partial charge in [-0.05, 0) is 44.0 Å². The van der Waals surface area contributed by atoms with Crippen molar-refractivity contribution in [1.29, 1.82) is 0 Å². The predicted octanol–water partition coefficient (Wildman–Crippen LogP) is 3.31. The van der Waals surface area contributed by atoms with Crippen LogP contribution in [0.15, 0.2) is 42.5 Å². The average Bonchev–Trinajstić information content (AvgIpc) is 2.38. The first kappa shape index (κ1) is 14.7. The molecule has 1 atom stereocenters. The van der Waals surface area contributed by atoms with Crippen molar-refractivity contribution in [1.82, 2.24) is 0 Å².